The lowest BCUT2D eigenvalue weighted by Gasteiger charge is -2.08. The maximum absolute atomic E-state index is 12.8. The molecule has 1 N–H and O–H groups in total. The highest BCUT2D eigenvalue weighted by molar-refractivity contribution is 5.87. The van der Waals surface area contributed by atoms with E-state index in [1.165, 1.54) is 6.07 Å². The normalized spacial score (nSPS) is 10.3. The van der Waals surface area contributed by atoms with Crippen LogP contribution in [-0.4, -0.2) is 22.2 Å². The summed E-state index contributed by atoms with van der Waals surface area (Å²) in [6.45, 7) is 3.49. The molecule has 0 fully saturated rings. The Morgan fingerprint density at radius 3 is 2.71 bits per heavy atom. The van der Waals surface area contributed by atoms with Gasteiger partial charge in [-0.1, -0.05) is 0 Å². The van der Waals surface area contributed by atoms with Gasteiger partial charge in [-0.2, -0.15) is 9.37 Å². The Labute approximate surface area is 80.3 Å². The van der Waals surface area contributed by atoms with Gasteiger partial charge in [-0.25, -0.2) is 4.79 Å². The summed E-state index contributed by atoms with van der Waals surface area (Å²) in [6.07, 6.45) is -0.175. The average Bonchev–Trinajstić information content (AvgIpc) is 2.01. The molecule has 1 heterocycles. The molecule has 4 nitrogen and oxygen atoms in total. The Hall–Kier alpha value is -1.65. The standard InChI is InChI=1S/C9H10FNO3/c1-5(2)14-8-4-6(9(12)13)3-7(10)11-8/h3-5H,1-2H3,(H,12,13). The summed E-state index contributed by atoms with van der Waals surface area (Å²) in [5, 5.41) is 8.62. The van der Waals surface area contributed by atoms with E-state index in [-0.39, 0.29) is 17.5 Å². The third-order valence-corrected chi connectivity index (χ3v) is 1.37. The van der Waals surface area contributed by atoms with E-state index in [1.54, 1.807) is 13.8 Å². The molecular formula is C9H10FNO3. The molecule has 1 rings (SSSR count). The molecule has 0 saturated carbocycles. The van der Waals surface area contributed by atoms with E-state index in [1.807, 2.05) is 0 Å². The molecule has 0 radical (unpaired) electrons. The van der Waals surface area contributed by atoms with Crippen molar-refractivity contribution in [2.45, 2.75) is 20.0 Å². The van der Waals surface area contributed by atoms with Crippen molar-refractivity contribution >= 4 is 5.97 Å². The lowest BCUT2D eigenvalue weighted by Crippen LogP contribution is -2.09. The van der Waals surface area contributed by atoms with Gasteiger partial charge in [0.15, 0.2) is 0 Å². The van der Waals surface area contributed by atoms with Crippen LogP contribution in [0.4, 0.5) is 4.39 Å². The molecule has 0 aliphatic heterocycles. The third kappa shape index (κ3) is 2.69. The van der Waals surface area contributed by atoms with Crippen LogP contribution >= 0.6 is 0 Å². The van der Waals surface area contributed by atoms with Crippen LogP contribution in [0.25, 0.3) is 0 Å². The number of carboxylic acid groups (broad SMARTS) is 1. The topological polar surface area (TPSA) is 59.4 Å². The Kier molecular flexibility index (Phi) is 3.01. The second kappa shape index (κ2) is 4.04. The van der Waals surface area contributed by atoms with Gasteiger partial charge in [0.1, 0.15) is 0 Å². The fraction of sp³-hybridized carbons (Fsp3) is 0.333. The molecule has 1 aromatic heterocycles. The van der Waals surface area contributed by atoms with E-state index in [0.717, 1.165) is 6.07 Å². The first kappa shape index (κ1) is 10.4. The van der Waals surface area contributed by atoms with Crippen molar-refractivity contribution in [3.8, 4) is 5.88 Å². The van der Waals surface area contributed by atoms with Crippen molar-refractivity contribution in [2.24, 2.45) is 0 Å². The zero-order valence-electron chi connectivity index (χ0n) is 7.82. The molecule has 0 saturated heterocycles. The van der Waals surface area contributed by atoms with Crippen LogP contribution < -0.4 is 4.74 Å². The summed E-state index contributed by atoms with van der Waals surface area (Å²) in [4.78, 5) is 13.9. The summed E-state index contributed by atoms with van der Waals surface area (Å²) in [5.74, 6) is -2.09. The Bertz CT molecular complexity index is 352. The first-order chi connectivity index (χ1) is 6.49. The number of carboxylic acids is 1. The number of ether oxygens (including phenoxy) is 1. The summed E-state index contributed by atoms with van der Waals surface area (Å²) in [5.41, 5.74) is -0.173. The molecule has 14 heavy (non-hydrogen) atoms. The Morgan fingerprint density at radius 2 is 2.21 bits per heavy atom. The molecular weight excluding hydrogens is 189 g/mol. The molecule has 0 aliphatic rings. The fourth-order valence-electron chi connectivity index (χ4n) is 0.898. The molecule has 0 aliphatic carbocycles. The predicted molar refractivity (Wildman–Crippen MR) is 46.9 cm³/mol. The van der Waals surface area contributed by atoms with Crippen molar-refractivity contribution < 1.29 is 19.0 Å². The van der Waals surface area contributed by atoms with Gasteiger partial charge in [0.05, 0.1) is 11.7 Å². The van der Waals surface area contributed by atoms with Gasteiger partial charge in [0, 0.05) is 12.1 Å². The van der Waals surface area contributed by atoms with Gasteiger partial charge in [-0.3, -0.25) is 0 Å². The number of rotatable bonds is 3. The smallest absolute Gasteiger partial charge is 0.336 e. The second-order valence-corrected chi connectivity index (χ2v) is 2.99. The van der Waals surface area contributed by atoms with Crippen molar-refractivity contribution in [2.75, 3.05) is 0 Å². The van der Waals surface area contributed by atoms with Crippen LogP contribution in [0.3, 0.4) is 0 Å². The zero-order valence-corrected chi connectivity index (χ0v) is 7.82. The number of hydrogen-bond donors (Lipinski definition) is 1. The monoisotopic (exact) mass is 199 g/mol. The molecule has 0 amide bonds. The highest BCUT2D eigenvalue weighted by Gasteiger charge is 2.09. The van der Waals surface area contributed by atoms with E-state index in [2.05, 4.69) is 4.98 Å². The Morgan fingerprint density at radius 1 is 1.57 bits per heavy atom. The van der Waals surface area contributed by atoms with Crippen LogP contribution in [-0.2, 0) is 0 Å². The minimum absolute atomic E-state index is 0.0163. The van der Waals surface area contributed by atoms with E-state index in [9.17, 15) is 9.18 Å². The van der Waals surface area contributed by atoms with E-state index in [4.69, 9.17) is 9.84 Å². The lowest BCUT2D eigenvalue weighted by molar-refractivity contribution is 0.0695. The number of carbonyl (C=O) groups is 1. The molecule has 0 unspecified atom stereocenters. The molecule has 0 atom stereocenters. The number of hydrogen-bond acceptors (Lipinski definition) is 3. The summed E-state index contributed by atoms with van der Waals surface area (Å²) >= 11 is 0. The average molecular weight is 199 g/mol. The highest BCUT2D eigenvalue weighted by atomic mass is 19.1. The van der Waals surface area contributed by atoms with Gasteiger partial charge in [-0.05, 0) is 13.8 Å². The largest absolute Gasteiger partial charge is 0.478 e. The number of nitrogens with zero attached hydrogens (tertiary/aromatic N) is 1. The van der Waals surface area contributed by atoms with E-state index < -0.39 is 11.9 Å². The molecule has 1 aromatic rings. The van der Waals surface area contributed by atoms with Gasteiger partial charge < -0.3 is 9.84 Å². The predicted octanol–water partition coefficient (Wildman–Crippen LogP) is 1.71. The maximum Gasteiger partial charge on any atom is 0.336 e. The van der Waals surface area contributed by atoms with Gasteiger partial charge >= 0.3 is 5.97 Å². The Balaban J connectivity index is 3.01. The van der Waals surface area contributed by atoms with Gasteiger partial charge in [0.2, 0.25) is 11.8 Å². The van der Waals surface area contributed by atoms with E-state index in [0.29, 0.717) is 0 Å². The first-order valence-corrected chi connectivity index (χ1v) is 4.06. The number of aromatic nitrogens is 1. The van der Waals surface area contributed by atoms with Crippen molar-refractivity contribution in [1.82, 2.24) is 4.98 Å². The summed E-state index contributed by atoms with van der Waals surface area (Å²) < 4.78 is 17.9. The van der Waals surface area contributed by atoms with Crippen LogP contribution in [0.1, 0.15) is 24.2 Å². The molecule has 0 bridgehead atoms. The SMILES string of the molecule is CC(C)Oc1cc(C(=O)O)cc(F)n1. The van der Waals surface area contributed by atoms with Gasteiger partial charge in [-0.15, -0.1) is 0 Å². The molecule has 0 aromatic carbocycles. The molecule has 0 spiro atoms. The minimum Gasteiger partial charge on any atom is -0.478 e. The van der Waals surface area contributed by atoms with Crippen LogP contribution in [0, 0.1) is 5.95 Å². The van der Waals surface area contributed by atoms with Crippen LogP contribution in [0.5, 0.6) is 5.88 Å². The van der Waals surface area contributed by atoms with Crippen molar-refractivity contribution in [3.63, 3.8) is 0 Å². The highest BCUT2D eigenvalue weighted by Crippen LogP contribution is 2.13. The second-order valence-electron chi connectivity index (χ2n) is 2.99. The van der Waals surface area contributed by atoms with E-state index >= 15 is 0 Å². The van der Waals surface area contributed by atoms with Gasteiger partial charge in [0.25, 0.3) is 0 Å². The number of pyridine rings is 1. The fourth-order valence-corrected chi connectivity index (χ4v) is 0.898. The summed E-state index contributed by atoms with van der Waals surface area (Å²) in [7, 11) is 0. The van der Waals surface area contributed by atoms with Crippen LogP contribution in [0.2, 0.25) is 0 Å². The molecule has 5 heteroatoms. The zero-order chi connectivity index (χ0) is 10.7. The number of aromatic carboxylic acids is 1. The minimum atomic E-state index is -1.21. The van der Waals surface area contributed by atoms with Crippen molar-refractivity contribution in [1.29, 1.82) is 0 Å². The van der Waals surface area contributed by atoms with Crippen LogP contribution in [0.15, 0.2) is 12.1 Å². The molecule has 76 valence electrons. The first-order valence-electron chi connectivity index (χ1n) is 4.06. The van der Waals surface area contributed by atoms with Crippen molar-refractivity contribution in [3.05, 3.63) is 23.6 Å². The maximum atomic E-state index is 12.8. The summed E-state index contributed by atoms with van der Waals surface area (Å²) in [6, 6.07) is 2.03. The quantitative estimate of drug-likeness (QED) is 0.753. The lowest BCUT2D eigenvalue weighted by atomic mass is 10.3. The number of halogens is 1. The third-order valence-electron chi connectivity index (χ3n) is 1.37.